The van der Waals surface area contributed by atoms with Crippen molar-refractivity contribution < 1.29 is 9.90 Å². The molecule has 16 heavy (non-hydrogen) atoms. The third-order valence-corrected chi connectivity index (χ3v) is 3.12. The van der Waals surface area contributed by atoms with Crippen LogP contribution < -0.4 is 4.90 Å². The van der Waals surface area contributed by atoms with Crippen molar-refractivity contribution in [3.8, 4) is 0 Å². The zero-order valence-electron chi connectivity index (χ0n) is 9.70. The summed E-state index contributed by atoms with van der Waals surface area (Å²) in [5.41, 5.74) is 1.80. The highest BCUT2D eigenvalue weighted by Gasteiger charge is 2.21. The van der Waals surface area contributed by atoms with Crippen LogP contribution >= 0.6 is 11.6 Å². The normalized spacial score (nSPS) is 12.2. The Kier molecular flexibility index (Phi) is 4.19. The standard InChI is InChI=1S/C12H16ClNO2/c1-4-14(9(3)12(15)16)11-7-5-6-10(13)8(11)2/h5-7,9H,4H2,1-3H3,(H,15,16)/t9-/m0/s1. The predicted octanol–water partition coefficient (Wildman–Crippen LogP) is 2.95. The lowest BCUT2D eigenvalue weighted by Crippen LogP contribution is -2.39. The van der Waals surface area contributed by atoms with Gasteiger partial charge in [-0.2, -0.15) is 0 Å². The fraction of sp³-hybridized carbons (Fsp3) is 0.417. The van der Waals surface area contributed by atoms with Crippen molar-refractivity contribution in [2.24, 2.45) is 0 Å². The molecule has 0 radical (unpaired) electrons. The summed E-state index contributed by atoms with van der Waals surface area (Å²) in [5, 5.41) is 9.69. The summed E-state index contributed by atoms with van der Waals surface area (Å²) in [5.74, 6) is -0.832. The molecule has 4 heteroatoms. The largest absolute Gasteiger partial charge is 0.480 e. The molecule has 0 bridgehead atoms. The number of anilines is 1. The first-order valence-electron chi connectivity index (χ1n) is 5.23. The first kappa shape index (κ1) is 12.8. The second-order valence-electron chi connectivity index (χ2n) is 3.68. The van der Waals surface area contributed by atoms with Gasteiger partial charge in [0.1, 0.15) is 6.04 Å². The number of halogens is 1. The first-order chi connectivity index (χ1) is 7.49. The molecular weight excluding hydrogens is 226 g/mol. The molecule has 0 aromatic heterocycles. The lowest BCUT2D eigenvalue weighted by atomic mass is 10.1. The minimum absolute atomic E-state index is 0.554. The van der Waals surface area contributed by atoms with Gasteiger partial charge in [0.15, 0.2) is 0 Å². The molecule has 1 N–H and O–H groups in total. The van der Waals surface area contributed by atoms with Crippen molar-refractivity contribution >= 4 is 23.3 Å². The van der Waals surface area contributed by atoms with Gasteiger partial charge < -0.3 is 10.0 Å². The molecule has 0 amide bonds. The van der Waals surface area contributed by atoms with Gasteiger partial charge in [0.2, 0.25) is 0 Å². The maximum atomic E-state index is 11.0. The van der Waals surface area contributed by atoms with Crippen molar-refractivity contribution in [1.82, 2.24) is 0 Å². The van der Waals surface area contributed by atoms with Crippen molar-refractivity contribution in [1.29, 1.82) is 0 Å². The lowest BCUT2D eigenvalue weighted by Gasteiger charge is -2.29. The summed E-state index contributed by atoms with van der Waals surface area (Å²) >= 11 is 6.03. The molecule has 0 aliphatic heterocycles. The molecule has 0 saturated carbocycles. The van der Waals surface area contributed by atoms with Crippen LogP contribution in [0.15, 0.2) is 18.2 Å². The number of hydrogen-bond acceptors (Lipinski definition) is 2. The molecule has 0 fully saturated rings. The molecule has 88 valence electrons. The number of rotatable bonds is 4. The molecule has 1 rings (SSSR count). The van der Waals surface area contributed by atoms with Gasteiger partial charge in [-0.05, 0) is 38.5 Å². The van der Waals surface area contributed by atoms with E-state index in [0.29, 0.717) is 11.6 Å². The fourth-order valence-corrected chi connectivity index (χ4v) is 1.86. The Balaban J connectivity index is 3.13. The first-order valence-corrected chi connectivity index (χ1v) is 5.61. The number of carboxylic acids is 1. The number of benzene rings is 1. The number of hydrogen-bond donors (Lipinski definition) is 1. The second-order valence-corrected chi connectivity index (χ2v) is 4.09. The van der Waals surface area contributed by atoms with Crippen LogP contribution in [0.3, 0.4) is 0 Å². The van der Waals surface area contributed by atoms with E-state index in [0.717, 1.165) is 11.3 Å². The van der Waals surface area contributed by atoms with E-state index in [9.17, 15) is 4.79 Å². The molecule has 0 saturated heterocycles. The van der Waals surface area contributed by atoms with E-state index in [1.807, 2.05) is 30.9 Å². The van der Waals surface area contributed by atoms with Crippen molar-refractivity contribution in [3.05, 3.63) is 28.8 Å². The van der Waals surface area contributed by atoms with Crippen LogP contribution in [-0.4, -0.2) is 23.7 Å². The van der Waals surface area contributed by atoms with E-state index in [-0.39, 0.29) is 0 Å². The fourth-order valence-electron chi connectivity index (χ4n) is 1.69. The average Bonchev–Trinajstić information content (AvgIpc) is 2.24. The highest BCUT2D eigenvalue weighted by molar-refractivity contribution is 6.31. The summed E-state index contributed by atoms with van der Waals surface area (Å²) in [4.78, 5) is 12.8. The van der Waals surface area contributed by atoms with E-state index in [2.05, 4.69) is 0 Å². The molecule has 0 heterocycles. The maximum absolute atomic E-state index is 11.0. The summed E-state index contributed by atoms with van der Waals surface area (Å²) in [6.45, 7) is 6.13. The average molecular weight is 242 g/mol. The van der Waals surface area contributed by atoms with E-state index in [4.69, 9.17) is 16.7 Å². The van der Waals surface area contributed by atoms with Crippen LogP contribution in [0.4, 0.5) is 5.69 Å². The monoisotopic (exact) mass is 241 g/mol. The Labute approximate surface area is 101 Å². The highest BCUT2D eigenvalue weighted by atomic mass is 35.5. The summed E-state index contributed by atoms with van der Waals surface area (Å²) in [6, 6.07) is 4.98. The molecule has 3 nitrogen and oxygen atoms in total. The Morgan fingerprint density at radius 1 is 1.56 bits per heavy atom. The maximum Gasteiger partial charge on any atom is 0.326 e. The Hall–Kier alpha value is -1.22. The number of carbonyl (C=O) groups is 1. The van der Waals surface area contributed by atoms with Crippen molar-refractivity contribution in [2.75, 3.05) is 11.4 Å². The van der Waals surface area contributed by atoms with E-state index in [1.165, 1.54) is 0 Å². The van der Waals surface area contributed by atoms with Crippen LogP contribution in [-0.2, 0) is 4.79 Å². The quantitative estimate of drug-likeness (QED) is 0.881. The predicted molar refractivity (Wildman–Crippen MR) is 66.3 cm³/mol. The zero-order valence-corrected chi connectivity index (χ0v) is 10.5. The van der Waals surface area contributed by atoms with Gasteiger partial charge in [-0.3, -0.25) is 0 Å². The molecule has 0 aliphatic rings. The van der Waals surface area contributed by atoms with Gasteiger partial charge in [-0.25, -0.2) is 4.79 Å². The third kappa shape index (κ3) is 2.47. The molecular formula is C12H16ClNO2. The van der Waals surface area contributed by atoms with Crippen LogP contribution in [0.25, 0.3) is 0 Å². The lowest BCUT2D eigenvalue weighted by molar-refractivity contribution is -0.138. The summed E-state index contributed by atoms with van der Waals surface area (Å²) in [6.07, 6.45) is 0. The summed E-state index contributed by atoms with van der Waals surface area (Å²) < 4.78 is 0. The van der Waals surface area contributed by atoms with Crippen LogP contribution in [0, 0.1) is 6.92 Å². The van der Waals surface area contributed by atoms with Crippen LogP contribution in [0.5, 0.6) is 0 Å². The van der Waals surface area contributed by atoms with Crippen molar-refractivity contribution in [3.63, 3.8) is 0 Å². The van der Waals surface area contributed by atoms with Gasteiger partial charge in [-0.1, -0.05) is 17.7 Å². The van der Waals surface area contributed by atoms with E-state index in [1.54, 1.807) is 13.0 Å². The van der Waals surface area contributed by atoms with E-state index >= 15 is 0 Å². The van der Waals surface area contributed by atoms with Gasteiger partial charge in [0, 0.05) is 17.3 Å². The third-order valence-electron chi connectivity index (χ3n) is 2.71. The van der Waals surface area contributed by atoms with Gasteiger partial charge in [0.25, 0.3) is 0 Å². The topological polar surface area (TPSA) is 40.5 Å². The van der Waals surface area contributed by atoms with E-state index < -0.39 is 12.0 Å². The number of nitrogens with zero attached hydrogens (tertiary/aromatic N) is 1. The zero-order chi connectivity index (χ0) is 12.3. The molecule has 0 unspecified atom stereocenters. The number of likely N-dealkylation sites (N-methyl/N-ethyl adjacent to an activating group) is 1. The molecule has 1 aromatic rings. The van der Waals surface area contributed by atoms with Gasteiger partial charge in [-0.15, -0.1) is 0 Å². The van der Waals surface area contributed by atoms with Crippen molar-refractivity contribution in [2.45, 2.75) is 26.8 Å². The molecule has 1 aromatic carbocycles. The number of carboxylic acid groups (broad SMARTS) is 1. The van der Waals surface area contributed by atoms with Crippen LogP contribution in [0.2, 0.25) is 5.02 Å². The Bertz CT molecular complexity index is 393. The SMILES string of the molecule is CCN(c1cccc(Cl)c1C)[C@@H](C)C(=O)O. The Morgan fingerprint density at radius 2 is 2.19 bits per heavy atom. The second kappa shape index (κ2) is 5.21. The highest BCUT2D eigenvalue weighted by Crippen LogP contribution is 2.27. The Morgan fingerprint density at radius 3 is 2.69 bits per heavy atom. The molecule has 0 aliphatic carbocycles. The van der Waals surface area contributed by atoms with Gasteiger partial charge in [0.05, 0.1) is 0 Å². The summed E-state index contributed by atoms with van der Waals surface area (Å²) in [7, 11) is 0. The minimum Gasteiger partial charge on any atom is -0.480 e. The van der Waals surface area contributed by atoms with Gasteiger partial charge >= 0.3 is 5.97 Å². The smallest absolute Gasteiger partial charge is 0.326 e. The molecule has 0 spiro atoms. The number of aliphatic carboxylic acids is 1. The van der Waals surface area contributed by atoms with Crippen LogP contribution in [0.1, 0.15) is 19.4 Å². The molecule has 1 atom stereocenters. The minimum atomic E-state index is -0.832.